The van der Waals surface area contributed by atoms with E-state index < -0.39 is 0 Å². The summed E-state index contributed by atoms with van der Waals surface area (Å²) < 4.78 is 10.7. The van der Waals surface area contributed by atoms with E-state index in [1.54, 1.807) is 6.07 Å². The van der Waals surface area contributed by atoms with Crippen LogP contribution in [0, 0.1) is 0 Å². The number of anilines is 2. The smallest absolute Gasteiger partial charge is 0.270 e. The van der Waals surface area contributed by atoms with Crippen LogP contribution in [0.2, 0.25) is 0 Å². The van der Waals surface area contributed by atoms with Crippen LogP contribution in [0.15, 0.2) is 42.2 Å². The summed E-state index contributed by atoms with van der Waals surface area (Å²) in [6, 6.07) is 7.18. The number of fused-ring (bicyclic) bond motifs is 1. The van der Waals surface area contributed by atoms with Crippen molar-refractivity contribution in [3.8, 4) is 11.5 Å². The quantitative estimate of drug-likeness (QED) is 0.760. The van der Waals surface area contributed by atoms with Gasteiger partial charge >= 0.3 is 0 Å². The standard InChI is InChI=1S/C20H22N4O3/c25-20(21-9-8-14-4-2-1-3-5-14)16-11-19(23-12-22-16)24-15-6-7-17-18(10-15)27-13-26-17/h4,6-7,10-12H,1-3,5,8-9,13H2,(H,21,25)(H,22,23,24). The predicted molar refractivity (Wildman–Crippen MR) is 101 cm³/mol. The fraction of sp³-hybridized carbons (Fsp3) is 0.350. The Morgan fingerprint density at radius 2 is 2.04 bits per heavy atom. The Kier molecular flexibility index (Phi) is 5.18. The first-order valence-corrected chi connectivity index (χ1v) is 9.23. The molecule has 0 radical (unpaired) electrons. The number of carbonyl (C=O) groups excluding carboxylic acids is 1. The number of amides is 1. The van der Waals surface area contributed by atoms with Crippen molar-refractivity contribution >= 4 is 17.4 Å². The van der Waals surface area contributed by atoms with Gasteiger partial charge < -0.3 is 20.1 Å². The van der Waals surface area contributed by atoms with Crippen LogP contribution in [0.4, 0.5) is 11.5 Å². The van der Waals surface area contributed by atoms with Gasteiger partial charge in [0, 0.05) is 24.4 Å². The van der Waals surface area contributed by atoms with E-state index in [0.29, 0.717) is 23.8 Å². The maximum Gasteiger partial charge on any atom is 0.270 e. The van der Waals surface area contributed by atoms with Crippen molar-refractivity contribution in [1.82, 2.24) is 15.3 Å². The molecular weight excluding hydrogens is 344 g/mol. The average Bonchev–Trinajstić information content (AvgIpc) is 3.17. The second kappa shape index (κ2) is 8.07. The van der Waals surface area contributed by atoms with Gasteiger partial charge in [-0.1, -0.05) is 11.6 Å². The second-order valence-electron chi connectivity index (χ2n) is 6.60. The SMILES string of the molecule is O=C(NCCC1=CCCCC1)c1cc(Nc2ccc3c(c2)OCO3)ncn1. The van der Waals surface area contributed by atoms with Crippen molar-refractivity contribution in [3.05, 3.63) is 47.9 Å². The Morgan fingerprint density at radius 1 is 1.11 bits per heavy atom. The van der Waals surface area contributed by atoms with Crippen LogP contribution >= 0.6 is 0 Å². The number of carbonyl (C=O) groups is 1. The zero-order valence-corrected chi connectivity index (χ0v) is 15.0. The lowest BCUT2D eigenvalue weighted by atomic mass is 9.97. The van der Waals surface area contributed by atoms with Gasteiger partial charge in [0.1, 0.15) is 17.8 Å². The molecule has 0 spiro atoms. The van der Waals surface area contributed by atoms with Gasteiger partial charge in [0.05, 0.1) is 0 Å². The summed E-state index contributed by atoms with van der Waals surface area (Å²) in [6.07, 6.45) is 9.41. The van der Waals surface area contributed by atoms with Crippen LogP contribution in [0.25, 0.3) is 0 Å². The predicted octanol–water partition coefficient (Wildman–Crippen LogP) is 3.57. The van der Waals surface area contributed by atoms with Crippen LogP contribution in [0.1, 0.15) is 42.6 Å². The number of nitrogens with one attached hydrogen (secondary N) is 2. The molecule has 0 saturated heterocycles. The zero-order valence-electron chi connectivity index (χ0n) is 15.0. The molecule has 2 heterocycles. The number of rotatable bonds is 6. The summed E-state index contributed by atoms with van der Waals surface area (Å²) in [5, 5.41) is 6.10. The molecular formula is C20H22N4O3. The summed E-state index contributed by atoms with van der Waals surface area (Å²) in [6.45, 7) is 0.854. The number of allylic oxidation sites excluding steroid dienone is 1. The molecule has 2 aliphatic rings. The van der Waals surface area contributed by atoms with E-state index in [-0.39, 0.29) is 12.7 Å². The van der Waals surface area contributed by atoms with Crippen molar-refractivity contribution in [2.24, 2.45) is 0 Å². The summed E-state index contributed by atoms with van der Waals surface area (Å²) in [5.41, 5.74) is 2.58. The normalized spacial score (nSPS) is 15.2. The first kappa shape index (κ1) is 17.3. The third-order valence-electron chi connectivity index (χ3n) is 4.66. The maximum atomic E-state index is 12.4. The highest BCUT2D eigenvalue weighted by Crippen LogP contribution is 2.34. The van der Waals surface area contributed by atoms with Crippen molar-refractivity contribution in [2.45, 2.75) is 32.1 Å². The van der Waals surface area contributed by atoms with Gasteiger partial charge in [-0.25, -0.2) is 9.97 Å². The number of aromatic nitrogens is 2. The number of ether oxygens (including phenoxy) is 2. The third kappa shape index (κ3) is 4.36. The highest BCUT2D eigenvalue weighted by molar-refractivity contribution is 5.93. The Labute approximate surface area is 157 Å². The van der Waals surface area contributed by atoms with Crippen LogP contribution in [-0.4, -0.2) is 29.2 Å². The lowest BCUT2D eigenvalue weighted by molar-refractivity contribution is 0.0949. The van der Waals surface area contributed by atoms with Gasteiger partial charge in [-0.2, -0.15) is 0 Å². The number of nitrogens with zero attached hydrogens (tertiary/aromatic N) is 2. The van der Waals surface area contributed by atoms with E-state index in [1.165, 1.54) is 24.7 Å². The molecule has 2 aromatic rings. The van der Waals surface area contributed by atoms with Gasteiger partial charge in [0.2, 0.25) is 6.79 Å². The lowest BCUT2D eigenvalue weighted by Crippen LogP contribution is -2.26. The molecule has 0 atom stereocenters. The fourth-order valence-electron chi connectivity index (χ4n) is 3.23. The second-order valence-corrected chi connectivity index (χ2v) is 6.60. The molecule has 1 amide bonds. The minimum Gasteiger partial charge on any atom is -0.454 e. The maximum absolute atomic E-state index is 12.4. The Morgan fingerprint density at radius 3 is 2.93 bits per heavy atom. The number of hydrogen-bond donors (Lipinski definition) is 2. The van der Waals surface area contributed by atoms with Crippen molar-refractivity contribution in [3.63, 3.8) is 0 Å². The highest BCUT2D eigenvalue weighted by Gasteiger charge is 2.14. The zero-order chi connectivity index (χ0) is 18.5. The van der Waals surface area contributed by atoms with Crippen molar-refractivity contribution in [1.29, 1.82) is 0 Å². The average molecular weight is 366 g/mol. The van der Waals surface area contributed by atoms with E-state index >= 15 is 0 Å². The van der Waals surface area contributed by atoms with E-state index in [2.05, 4.69) is 26.7 Å². The molecule has 140 valence electrons. The minimum atomic E-state index is -0.192. The van der Waals surface area contributed by atoms with Gasteiger partial charge in [-0.3, -0.25) is 4.79 Å². The van der Waals surface area contributed by atoms with Gasteiger partial charge in [-0.15, -0.1) is 0 Å². The van der Waals surface area contributed by atoms with Crippen LogP contribution in [0.3, 0.4) is 0 Å². The first-order chi connectivity index (χ1) is 13.3. The van der Waals surface area contributed by atoms with Gasteiger partial charge in [0.15, 0.2) is 11.5 Å². The van der Waals surface area contributed by atoms with Gasteiger partial charge in [0.25, 0.3) is 5.91 Å². The van der Waals surface area contributed by atoms with E-state index in [0.717, 1.165) is 30.7 Å². The number of benzene rings is 1. The van der Waals surface area contributed by atoms with Crippen molar-refractivity contribution < 1.29 is 14.3 Å². The van der Waals surface area contributed by atoms with Crippen LogP contribution in [-0.2, 0) is 0 Å². The Hall–Kier alpha value is -3.09. The number of hydrogen-bond acceptors (Lipinski definition) is 6. The molecule has 1 aliphatic heterocycles. The molecule has 0 saturated carbocycles. The van der Waals surface area contributed by atoms with Crippen molar-refractivity contribution in [2.75, 3.05) is 18.7 Å². The lowest BCUT2D eigenvalue weighted by Gasteiger charge is -2.13. The monoisotopic (exact) mass is 366 g/mol. The molecule has 4 rings (SSSR count). The summed E-state index contributed by atoms with van der Waals surface area (Å²) in [4.78, 5) is 20.6. The molecule has 1 aromatic carbocycles. The summed E-state index contributed by atoms with van der Waals surface area (Å²) in [5.74, 6) is 1.76. The molecule has 1 aromatic heterocycles. The van der Waals surface area contributed by atoms with Crippen LogP contribution in [0.5, 0.6) is 11.5 Å². The molecule has 1 aliphatic carbocycles. The topological polar surface area (TPSA) is 85.4 Å². The molecule has 7 heteroatoms. The van der Waals surface area contributed by atoms with E-state index in [1.807, 2.05) is 18.2 Å². The Bertz CT molecular complexity index is 866. The fourth-order valence-corrected chi connectivity index (χ4v) is 3.23. The molecule has 0 unspecified atom stereocenters. The molecule has 2 N–H and O–H groups in total. The van der Waals surface area contributed by atoms with E-state index in [4.69, 9.17) is 9.47 Å². The largest absolute Gasteiger partial charge is 0.454 e. The molecule has 0 fully saturated rings. The first-order valence-electron chi connectivity index (χ1n) is 9.23. The third-order valence-corrected chi connectivity index (χ3v) is 4.66. The molecule has 0 bridgehead atoms. The van der Waals surface area contributed by atoms with Crippen LogP contribution < -0.4 is 20.1 Å². The molecule has 7 nitrogen and oxygen atoms in total. The van der Waals surface area contributed by atoms with E-state index in [9.17, 15) is 4.79 Å². The highest BCUT2D eigenvalue weighted by atomic mass is 16.7. The summed E-state index contributed by atoms with van der Waals surface area (Å²) in [7, 11) is 0. The molecule has 27 heavy (non-hydrogen) atoms. The summed E-state index contributed by atoms with van der Waals surface area (Å²) >= 11 is 0. The van der Waals surface area contributed by atoms with Gasteiger partial charge in [-0.05, 0) is 44.2 Å². The minimum absolute atomic E-state index is 0.192. The Balaban J connectivity index is 1.35.